The van der Waals surface area contributed by atoms with Crippen LogP contribution in [0.2, 0.25) is 0 Å². The van der Waals surface area contributed by atoms with Gasteiger partial charge in [-0.1, -0.05) is 18.2 Å². The molecule has 5 rings (SSSR count). The minimum absolute atomic E-state index is 0.378. The number of pyridine rings is 1. The second-order valence-corrected chi connectivity index (χ2v) is 7.92. The summed E-state index contributed by atoms with van der Waals surface area (Å²) in [7, 11) is 0. The number of hydrogen-bond acceptors (Lipinski definition) is 8. The molecule has 3 aromatic heterocycles. The van der Waals surface area contributed by atoms with Crippen LogP contribution in [-0.2, 0) is 0 Å². The molecule has 0 unspecified atom stereocenters. The zero-order valence-corrected chi connectivity index (χ0v) is 18.1. The van der Waals surface area contributed by atoms with Gasteiger partial charge in [-0.3, -0.25) is 4.98 Å². The van der Waals surface area contributed by atoms with Crippen LogP contribution in [-0.4, -0.2) is 30.3 Å². The van der Waals surface area contributed by atoms with Crippen LogP contribution in [0, 0.1) is 0 Å². The molecule has 0 bridgehead atoms. The van der Waals surface area contributed by atoms with Gasteiger partial charge in [0.05, 0.1) is 11.1 Å². The first-order valence-corrected chi connectivity index (χ1v) is 10.8. The number of thiocarbonyl (C=S) groups is 1. The normalized spacial score (nSPS) is 10.8. The number of anilines is 2. The first kappa shape index (κ1) is 20.0. The maximum Gasteiger partial charge on any atom is 0.283 e. The van der Waals surface area contributed by atoms with Crippen molar-refractivity contribution >= 4 is 51.4 Å². The molecule has 5 aromatic rings. The van der Waals surface area contributed by atoms with E-state index >= 15 is 0 Å². The highest BCUT2D eigenvalue weighted by molar-refractivity contribution is 7.99. The van der Waals surface area contributed by atoms with Gasteiger partial charge in [0.2, 0.25) is 5.89 Å². The van der Waals surface area contributed by atoms with Gasteiger partial charge in [0.25, 0.3) is 5.22 Å². The van der Waals surface area contributed by atoms with E-state index in [1.54, 1.807) is 12.4 Å². The van der Waals surface area contributed by atoms with Crippen molar-refractivity contribution in [2.24, 2.45) is 0 Å². The molecule has 32 heavy (non-hydrogen) atoms. The number of rotatable bonds is 5. The molecule has 0 aliphatic rings. The molecule has 8 nitrogen and oxygen atoms in total. The van der Waals surface area contributed by atoms with E-state index in [0.29, 0.717) is 21.3 Å². The summed E-state index contributed by atoms with van der Waals surface area (Å²) in [5.74, 6) is 0.402. The highest BCUT2D eigenvalue weighted by Crippen LogP contribution is 2.32. The number of hydrogen-bond donors (Lipinski definition) is 2. The zero-order valence-electron chi connectivity index (χ0n) is 16.5. The number of benzene rings is 2. The number of para-hydroxylation sites is 1. The first-order chi connectivity index (χ1) is 15.7. The van der Waals surface area contributed by atoms with Crippen LogP contribution in [0.4, 0.5) is 11.4 Å². The van der Waals surface area contributed by atoms with Gasteiger partial charge in [0.15, 0.2) is 5.11 Å². The quantitative estimate of drug-likeness (QED) is 0.276. The van der Waals surface area contributed by atoms with E-state index in [1.165, 1.54) is 18.1 Å². The molecule has 0 fully saturated rings. The van der Waals surface area contributed by atoms with E-state index in [2.05, 4.69) is 35.8 Å². The van der Waals surface area contributed by atoms with Gasteiger partial charge in [-0.2, -0.15) is 0 Å². The van der Waals surface area contributed by atoms with Gasteiger partial charge in [0, 0.05) is 29.2 Å². The van der Waals surface area contributed by atoms with Gasteiger partial charge in [-0.25, -0.2) is 9.97 Å². The van der Waals surface area contributed by atoms with E-state index in [0.717, 1.165) is 27.8 Å². The summed E-state index contributed by atoms with van der Waals surface area (Å²) >= 11 is 6.71. The van der Waals surface area contributed by atoms with Crippen LogP contribution in [0.25, 0.3) is 22.4 Å². The Hall–Kier alpha value is -3.89. The van der Waals surface area contributed by atoms with Crippen molar-refractivity contribution in [2.45, 2.75) is 10.2 Å². The largest absolute Gasteiger partial charge is 0.411 e. The van der Waals surface area contributed by atoms with Crippen molar-refractivity contribution in [3.63, 3.8) is 0 Å². The lowest BCUT2D eigenvalue weighted by atomic mass is 10.2. The lowest BCUT2D eigenvalue weighted by Crippen LogP contribution is -2.18. The summed E-state index contributed by atoms with van der Waals surface area (Å²) in [6.07, 6.45) is 4.87. The Bertz CT molecular complexity index is 1380. The average Bonchev–Trinajstić information content (AvgIpc) is 3.29. The molecule has 0 saturated carbocycles. The van der Waals surface area contributed by atoms with E-state index in [9.17, 15) is 0 Å². The van der Waals surface area contributed by atoms with Gasteiger partial charge in [-0.05, 0) is 66.4 Å². The fourth-order valence-electron chi connectivity index (χ4n) is 2.95. The van der Waals surface area contributed by atoms with Crippen molar-refractivity contribution in [1.82, 2.24) is 25.1 Å². The molecule has 3 heterocycles. The van der Waals surface area contributed by atoms with Crippen molar-refractivity contribution < 1.29 is 4.42 Å². The lowest BCUT2D eigenvalue weighted by molar-refractivity contribution is 0.465. The van der Waals surface area contributed by atoms with E-state index < -0.39 is 0 Å². The molecule has 0 spiro atoms. The molecule has 0 amide bonds. The molecule has 2 aromatic carbocycles. The molecule has 10 heteroatoms. The average molecular weight is 458 g/mol. The molecular weight excluding hydrogens is 442 g/mol. The molecule has 0 atom stereocenters. The Balaban J connectivity index is 1.37. The molecule has 0 saturated heterocycles. The van der Waals surface area contributed by atoms with Crippen LogP contribution < -0.4 is 10.6 Å². The van der Waals surface area contributed by atoms with Crippen LogP contribution in [0.5, 0.6) is 0 Å². The van der Waals surface area contributed by atoms with Crippen molar-refractivity contribution in [3.05, 3.63) is 79.4 Å². The Labute approximate surface area is 192 Å². The number of aromatic nitrogens is 5. The van der Waals surface area contributed by atoms with Crippen molar-refractivity contribution in [2.75, 3.05) is 10.6 Å². The fraction of sp³-hybridized carbons (Fsp3) is 0. The summed E-state index contributed by atoms with van der Waals surface area (Å²) in [4.78, 5) is 12.8. The maximum absolute atomic E-state index is 5.78. The molecule has 0 radical (unpaired) electrons. The van der Waals surface area contributed by atoms with Crippen LogP contribution in [0.1, 0.15) is 0 Å². The molecule has 0 aliphatic heterocycles. The van der Waals surface area contributed by atoms with E-state index in [-0.39, 0.29) is 0 Å². The molecule has 2 N–H and O–H groups in total. The first-order valence-electron chi connectivity index (χ1n) is 9.54. The van der Waals surface area contributed by atoms with Crippen LogP contribution in [0.15, 0.2) is 94.1 Å². The number of nitrogens with one attached hydrogen (secondary N) is 2. The predicted molar refractivity (Wildman–Crippen MR) is 127 cm³/mol. The molecule has 156 valence electrons. The third-order valence-electron chi connectivity index (χ3n) is 4.39. The van der Waals surface area contributed by atoms with Gasteiger partial charge >= 0.3 is 0 Å². The highest BCUT2D eigenvalue weighted by atomic mass is 32.2. The minimum Gasteiger partial charge on any atom is -0.411 e. The smallest absolute Gasteiger partial charge is 0.283 e. The van der Waals surface area contributed by atoms with Crippen LogP contribution >= 0.6 is 24.0 Å². The minimum atomic E-state index is 0.378. The summed E-state index contributed by atoms with van der Waals surface area (Å²) in [5, 5.41) is 17.0. The summed E-state index contributed by atoms with van der Waals surface area (Å²) in [5.41, 5.74) is 3.27. The third-order valence-corrected chi connectivity index (χ3v) is 5.45. The summed E-state index contributed by atoms with van der Waals surface area (Å²) in [6, 6.07) is 19.2. The highest BCUT2D eigenvalue weighted by Gasteiger charge is 2.14. The number of nitrogens with zero attached hydrogens (tertiary/aromatic N) is 5. The van der Waals surface area contributed by atoms with Gasteiger partial charge < -0.3 is 15.1 Å². The third kappa shape index (κ3) is 4.56. The standard InChI is InChI=1S/C22H15N7OS2/c31-21(26-15-6-2-1-3-7-15)27-16-8-9-18-17(11-16)20(25-13-24-18)32-22-29-28-19(30-22)14-5-4-10-23-12-14/h1-13H,(H2,26,27,31). The maximum atomic E-state index is 5.78. The Morgan fingerprint density at radius 2 is 1.78 bits per heavy atom. The van der Waals surface area contributed by atoms with Crippen molar-refractivity contribution in [3.8, 4) is 11.5 Å². The Morgan fingerprint density at radius 1 is 0.906 bits per heavy atom. The topological polar surface area (TPSA) is 102 Å². The lowest BCUT2D eigenvalue weighted by Gasteiger charge is -2.11. The number of fused-ring (bicyclic) bond motifs is 1. The summed E-state index contributed by atoms with van der Waals surface area (Å²) < 4.78 is 5.78. The molecule has 0 aliphatic carbocycles. The predicted octanol–water partition coefficient (Wildman–Crippen LogP) is 5.03. The second kappa shape index (κ2) is 9.08. The second-order valence-electron chi connectivity index (χ2n) is 6.57. The molecular formula is C22H15N7OS2. The summed E-state index contributed by atoms with van der Waals surface area (Å²) in [6.45, 7) is 0. The van der Waals surface area contributed by atoms with Gasteiger partial charge in [-0.15, -0.1) is 10.2 Å². The Kier molecular flexibility index (Phi) is 5.69. The zero-order chi connectivity index (χ0) is 21.8. The Morgan fingerprint density at radius 3 is 2.62 bits per heavy atom. The van der Waals surface area contributed by atoms with Crippen LogP contribution in [0.3, 0.4) is 0 Å². The van der Waals surface area contributed by atoms with Gasteiger partial charge in [0.1, 0.15) is 11.4 Å². The SMILES string of the molecule is S=C(Nc1ccccc1)Nc1ccc2ncnc(Sc3nnc(-c4cccnc4)o3)c2c1. The van der Waals surface area contributed by atoms with Crippen molar-refractivity contribution in [1.29, 1.82) is 0 Å². The van der Waals surface area contributed by atoms with E-state index in [4.69, 9.17) is 16.6 Å². The fourth-order valence-corrected chi connectivity index (χ4v) is 3.92. The monoisotopic (exact) mass is 457 g/mol. The van der Waals surface area contributed by atoms with E-state index in [1.807, 2.05) is 60.7 Å².